The normalized spacial score (nSPS) is 14.0. The summed E-state index contributed by atoms with van der Waals surface area (Å²) in [6.07, 6.45) is 38.8. The van der Waals surface area contributed by atoms with Crippen molar-refractivity contribution < 1.29 is 37.6 Å². The molecule has 2 atom stereocenters. The van der Waals surface area contributed by atoms with Crippen molar-refractivity contribution in [2.45, 2.75) is 161 Å². The lowest BCUT2D eigenvalue weighted by Gasteiger charge is -2.19. The number of allylic oxidation sites excluding steroid dienone is 8. The van der Waals surface area contributed by atoms with Gasteiger partial charge in [-0.05, 0) is 51.4 Å². The molecule has 0 bridgehead atoms. The monoisotopic (exact) mass is 682 g/mol. The number of ether oxygens (including phenoxy) is 2. The Bertz CT molecular complexity index is 911. The van der Waals surface area contributed by atoms with Gasteiger partial charge in [0.1, 0.15) is 6.61 Å². The van der Waals surface area contributed by atoms with E-state index in [9.17, 15) is 19.0 Å². The van der Waals surface area contributed by atoms with Gasteiger partial charge in [0.25, 0.3) is 0 Å². The standard InChI is InChI=1S/C38H67O8P/c1-4-6-8-10-12-14-16-18-19-21-23-25-27-29-31-33-38(40)46-36(35-45-47(41,42)43-3)34-44-37(39)32-30-28-26-24-22-20-17-15-13-11-9-7-5-2/h6,8,12,14,18-19,23,25,36H,4-5,7,9-11,13,15-17,20-22,24,26-35H2,1-3H3,(H,41,42)/b8-6-,14-12-,19-18-,25-23-. The van der Waals surface area contributed by atoms with E-state index in [1.807, 2.05) is 0 Å². The molecular weight excluding hydrogens is 615 g/mol. The molecule has 0 rings (SSSR count). The summed E-state index contributed by atoms with van der Waals surface area (Å²) in [6.45, 7) is 3.72. The van der Waals surface area contributed by atoms with Crippen LogP contribution in [0.4, 0.5) is 0 Å². The van der Waals surface area contributed by atoms with E-state index in [2.05, 4.69) is 67.0 Å². The second-order valence-corrected chi connectivity index (χ2v) is 13.5. The van der Waals surface area contributed by atoms with E-state index in [4.69, 9.17) is 14.0 Å². The lowest BCUT2D eigenvalue weighted by Crippen LogP contribution is -2.29. The first-order chi connectivity index (χ1) is 22.8. The maximum Gasteiger partial charge on any atom is 0.472 e. The Morgan fingerprint density at radius 3 is 1.62 bits per heavy atom. The highest BCUT2D eigenvalue weighted by Crippen LogP contribution is 2.42. The third-order valence-electron chi connectivity index (χ3n) is 7.59. The molecular formula is C38H67O8P. The minimum Gasteiger partial charge on any atom is -0.462 e. The Labute approximate surface area is 287 Å². The van der Waals surface area contributed by atoms with E-state index in [1.165, 1.54) is 64.2 Å². The highest BCUT2D eigenvalue weighted by Gasteiger charge is 2.24. The molecule has 0 aromatic heterocycles. The van der Waals surface area contributed by atoms with Crippen LogP contribution in [0.3, 0.4) is 0 Å². The van der Waals surface area contributed by atoms with Gasteiger partial charge >= 0.3 is 19.8 Å². The molecule has 9 heteroatoms. The van der Waals surface area contributed by atoms with Gasteiger partial charge in [-0.2, -0.15) is 0 Å². The van der Waals surface area contributed by atoms with E-state index >= 15 is 0 Å². The Balaban J connectivity index is 4.16. The van der Waals surface area contributed by atoms with Gasteiger partial charge in [-0.3, -0.25) is 18.6 Å². The van der Waals surface area contributed by atoms with Gasteiger partial charge in [0, 0.05) is 20.0 Å². The summed E-state index contributed by atoms with van der Waals surface area (Å²) in [4.78, 5) is 34.3. The molecule has 0 aliphatic heterocycles. The number of esters is 2. The van der Waals surface area contributed by atoms with Crippen LogP contribution in [0.1, 0.15) is 155 Å². The average Bonchev–Trinajstić information content (AvgIpc) is 3.06. The SMILES string of the molecule is CC/C=C\C/C=C\C/C=C\C/C=C\CCCCC(=O)OC(COC(=O)CCCCCCCCCCCCCCC)COP(=O)(O)OC. The van der Waals surface area contributed by atoms with Crippen LogP contribution in [-0.4, -0.2) is 43.3 Å². The number of hydrogen-bond acceptors (Lipinski definition) is 7. The van der Waals surface area contributed by atoms with Crippen LogP contribution < -0.4 is 0 Å². The maximum absolute atomic E-state index is 12.4. The predicted octanol–water partition coefficient (Wildman–Crippen LogP) is 11.1. The zero-order chi connectivity index (χ0) is 34.7. The van der Waals surface area contributed by atoms with Crippen LogP contribution in [0.2, 0.25) is 0 Å². The topological polar surface area (TPSA) is 108 Å². The van der Waals surface area contributed by atoms with E-state index in [-0.39, 0.29) is 25.4 Å². The van der Waals surface area contributed by atoms with Crippen molar-refractivity contribution in [3.05, 3.63) is 48.6 Å². The molecule has 272 valence electrons. The van der Waals surface area contributed by atoms with Crippen LogP contribution in [0, 0.1) is 0 Å². The number of phosphoric acid groups is 1. The Morgan fingerprint density at radius 1 is 0.617 bits per heavy atom. The third kappa shape index (κ3) is 33.7. The number of phosphoric ester groups is 1. The van der Waals surface area contributed by atoms with Gasteiger partial charge in [0.2, 0.25) is 0 Å². The molecule has 0 heterocycles. The molecule has 0 aromatic carbocycles. The molecule has 0 aromatic rings. The van der Waals surface area contributed by atoms with Crippen LogP contribution in [0.25, 0.3) is 0 Å². The summed E-state index contributed by atoms with van der Waals surface area (Å²) < 4.78 is 31.8. The number of carbonyl (C=O) groups is 2. The van der Waals surface area contributed by atoms with Crippen molar-refractivity contribution in [1.29, 1.82) is 0 Å². The van der Waals surface area contributed by atoms with E-state index < -0.39 is 26.5 Å². The van der Waals surface area contributed by atoms with E-state index in [0.717, 1.165) is 64.9 Å². The first-order valence-electron chi connectivity index (χ1n) is 18.3. The Kier molecular flexibility index (Phi) is 32.5. The van der Waals surface area contributed by atoms with Gasteiger partial charge in [-0.25, -0.2) is 4.57 Å². The molecule has 2 unspecified atom stereocenters. The maximum atomic E-state index is 12.4. The molecule has 0 aliphatic rings. The molecule has 0 radical (unpaired) electrons. The molecule has 47 heavy (non-hydrogen) atoms. The number of hydrogen-bond donors (Lipinski definition) is 1. The molecule has 0 saturated heterocycles. The first-order valence-corrected chi connectivity index (χ1v) is 19.8. The summed E-state index contributed by atoms with van der Waals surface area (Å²) in [5.41, 5.74) is 0. The average molecular weight is 683 g/mol. The van der Waals surface area contributed by atoms with E-state index in [0.29, 0.717) is 6.42 Å². The van der Waals surface area contributed by atoms with Crippen molar-refractivity contribution in [3.8, 4) is 0 Å². The smallest absolute Gasteiger partial charge is 0.462 e. The third-order valence-corrected chi connectivity index (χ3v) is 8.52. The van der Waals surface area contributed by atoms with E-state index in [1.54, 1.807) is 0 Å². The van der Waals surface area contributed by atoms with Crippen molar-refractivity contribution in [3.63, 3.8) is 0 Å². The summed E-state index contributed by atoms with van der Waals surface area (Å²) >= 11 is 0. The highest BCUT2D eigenvalue weighted by atomic mass is 31.2. The lowest BCUT2D eigenvalue weighted by atomic mass is 10.0. The summed E-state index contributed by atoms with van der Waals surface area (Å²) in [7, 11) is -3.22. The van der Waals surface area contributed by atoms with Gasteiger partial charge in [-0.1, -0.05) is 140 Å². The van der Waals surface area contributed by atoms with Crippen LogP contribution in [0.15, 0.2) is 48.6 Å². The fourth-order valence-corrected chi connectivity index (χ4v) is 5.23. The van der Waals surface area contributed by atoms with Crippen LogP contribution in [0.5, 0.6) is 0 Å². The minimum absolute atomic E-state index is 0.192. The van der Waals surface area contributed by atoms with Crippen molar-refractivity contribution in [2.75, 3.05) is 20.3 Å². The number of carbonyl (C=O) groups excluding carboxylic acids is 2. The van der Waals surface area contributed by atoms with Crippen LogP contribution >= 0.6 is 7.82 Å². The van der Waals surface area contributed by atoms with Gasteiger partial charge in [-0.15, -0.1) is 0 Å². The second-order valence-electron chi connectivity index (χ2n) is 12.0. The summed E-state index contributed by atoms with van der Waals surface area (Å²) in [5, 5.41) is 0. The summed E-state index contributed by atoms with van der Waals surface area (Å²) in [5.74, 6) is -0.854. The molecule has 0 fully saturated rings. The molecule has 0 amide bonds. The quantitative estimate of drug-likeness (QED) is 0.0315. The molecule has 0 saturated carbocycles. The van der Waals surface area contributed by atoms with Crippen molar-refractivity contribution in [1.82, 2.24) is 0 Å². The molecule has 0 aliphatic carbocycles. The second kappa shape index (κ2) is 33.9. The fourth-order valence-electron chi connectivity index (χ4n) is 4.77. The lowest BCUT2D eigenvalue weighted by molar-refractivity contribution is -0.161. The number of unbranched alkanes of at least 4 members (excludes halogenated alkanes) is 14. The Morgan fingerprint density at radius 2 is 1.09 bits per heavy atom. The highest BCUT2D eigenvalue weighted by molar-refractivity contribution is 7.47. The molecule has 1 N–H and O–H groups in total. The van der Waals surface area contributed by atoms with Gasteiger partial charge in [0.15, 0.2) is 6.10 Å². The van der Waals surface area contributed by atoms with Crippen molar-refractivity contribution in [2.24, 2.45) is 0 Å². The molecule has 8 nitrogen and oxygen atoms in total. The first kappa shape index (κ1) is 45.0. The predicted molar refractivity (Wildman–Crippen MR) is 193 cm³/mol. The van der Waals surface area contributed by atoms with Crippen LogP contribution in [-0.2, 0) is 32.7 Å². The van der Waals surface area contributed by atoms with Gasteiger partial charge in [0.05, 0.1) is 6.61 Å². The largest absolute Gasteiger partial charge is 0.472 e. The number of rotatable bonds is 33. The van der Waals surface area contributed by atoms with Gasteiger partial charge < -0.3 is 14.4 Å². The fraction of sp³-hybridized carbons (Fsp3) is 0.737. The zero-order valence-corrected chi connectivity index (χ0v) is 30.8. The van der Waals surface area contributed by atoms with Crippen molar-refractivity contribution >= 4 is 19.8 Å². The zero-order valence-electron chi connectivity index (χ0n) is 29.9. The Hall–Kier alpha value is -1.99. The minimum atomic E-state index is -4.27. The molecule has 0 spiro atoms. The summed E-state index contributed by atoms with van der Waals surface area (Å²) in [6, 6.07) is 0.